The quantitative estimate of drug-likeness (QED) is 0.650. The number of fused-ring (bicyclic) bond motifs is 1. The lowest BCUT2D eigenvalue weighted by Crippen LogP contribution is -2.40. The highest BCUT2D eigenvalue weighted by Crippen LogP contribution is 2.29. The van der Waals surface area contributed by atoms with E-state index in [1.807, 2.05) is 30.5 Å². The number of carbonyl (C=O) groups is 1. The molecule has 2 aromatic rings. The molecule has 1 aromatic carbocycles. The number of thioether (sulfide) groups is 1. The maximum atomic E-state index is 12.2. The van der Waals surface area contributed by atoms with Crippen molar-refractivity contribution in [2.45, 2.75) is 44.3 Å². The molecule has 7 nitrogen and oxygen atoms in total. The first-order valence-electron chi connectivity index (χ1n) is 9.35. The van der Waals surface area contributed by atoms with Crippen molar-refractivity contribution >= 4 is 39.7 Å². The highest BCUT2D eigenvalue weighted by molar-refractivity contribution is 8.14. The summed E-state index contributed by atoms with van der Waals surface area (Å²) in [5.74, 6) is 0.674. The van der Waals surface area contributed by atoms with Crippen molar-refractivity contribution in [2.75, 3.05) is 5.75 Å². The van der Waals surface area contributed by atoms with E-state index >= 15 is 0 Å². The Hall–Kier alpha value is -2.48. The lowest BCUT2D eigenvalue weighted by Gasteiger charge is -2.23. The number of carbonyl (C=O) groups excluding carboxylic acids is 1. The molecule has 1 unspecified atom stereocenters. The van der Waals surface area contributed by atoms with E-state index in [2.05, 4.69) is 25.6 Å². The number of aliphatic imine (C=N–C) groups is 2. The minimum Gasteiger partial charge on any atom is -0.370 e. The van der Waals surface area contributed by atoms with E-state index in [-0.39, 0.29) is 5.91 Å². The molecule has 1 fully saturated rings. The molecule has 0 saturated heterocycles. The third kappa shape index (κ3) is 4.27. The van der Waals surface area contributed by atoms with E-state index in [0.29, 0.717) is 22.9 Å². The Morgan fingerprint density at radius 2 is 2.04 bits per heavy atom. The van der Waals surface area contributed by atoms with E-state index in [9.17, 15) is 4.79 Å². The lowest BCUT2D eigenvalue weighted by atomic mass is 9.95. The van der Waals surface area contributed by atoms with Gasteiger partial charge in [-0.05, 0) is 18.9 Å². The molecular weight excluding hydrogens is 360 g/mol. The van der Waals surface area contributed by atoms with Gasteiger partial charge in [-0.25, -0.2) is 9.98 Å². The summed E-state index contributed by atoms with van der Waals surface area (Å²) in [7, 11) is 0. The van der Waals surface area contributed by atoms with Crippen LogP contribution in [0.4, 0.5) is 0 Å². The Morgan fingerprint density at radius 1 is 1.22 bits per heavy atom. The number of guanidine groups is 1. The first-order chi connectivity index (χ1) is 13.2. The minimum atomic E-state index is -0.411. The summed E-state index contributed by atoms with van der Waals surface area (Å²) in [5, 5.41) is 7.78. The number of aromatic amines is 1. The van der Waals surface area contributed by atoms with Gasteiger partial charge in [0.2, 0.25) is 5.91 Å². The molecule has 2 aliphatic rings. The van der Waals surface area contributed by atoms with Crippen LogP contribution in [0.15, 0.2) is 40.4 Å². The second kappa shape index (κ2) is 8.04. The number of hydrogen-bond acceptors (Lipinski definition) is 6. The molecule has 4 rings (SSSR count). The molecule has 1 saturated carbocycles. The minimum absolute atomic E-state index is 0.0427. The van der Waals surface area contributed by atoms with E-state index < -0.39 is 6.17 Å². The molecule has 1 aromatic heterocycles. The number of nitrogens with two attached hydrogens (primary N) is 1. The van der Waals surface area contributed by atoms with E-state index in [1.165, 1.54) is 31.0 Å². The van der Waals surface area contributed by atoms with Gasteiger partial charge in [0.25, 0.3) is 0 Å². The molecule has 8 heteroatoms. The van der Waals surface area contributed by atoms with Gasteiger partial charge < -0.3 is 21.4 Å². The molecule has 5 N–H and O–H groups in total. The van der Waals surface area contributed by atoms with E-state index in [0.717, 1.165) is 29.3 Å². The summed E-state index contributed by atoms with van der Waals surface area (Å²) in [4.78, 5) is 24.5. The van der Waals surface area contributed by atoms with E-state index in [4.69, 9.17) is 5.73 Å². The van der Waals surface area contributed by atoms with Crippen LogP contribution in [0.1, 0.15) is 43.8 Å². The van der Waals surface area contributed by atoms with Crippen LogP contribution in [0, 0.1) is 0 Å². The van der Waals surface area contributed by atoms with Crippen LogP contribution < -0.4 is 16.4 Å². The molecule has 1 atom stereocenters. The SMILES string of the molecule is NC1=NC(c2c[nH]c3ccccc23)N=C(SCC(=O)NC2CCCCC2)N1. The zero-order valence-corrected chi connectivity index (χ0v) is 15.9. The summed E-state index contributed by atoms with van der Waals surface area (Å²) >= 11 is 1.36. The van der Waals surface area contributed by atoms with Crippen LogP contribution in [0.25, 0.3) is 10.9 Å². The number of rotatable bonds is 4. The van der Waals surface area contributed by atoms with Crippen molar-refractivity contribution in [1.82, 2.24) is 15.6 Å². The summed E-state index contributed by atoms with van der Waals surface area (Å²) in [5.41, 5.74) is 7.97. The molecule has 0 spiro atoms. The molecule has 1 amide bonds. The van der Waals surface area contributed by atoms with Crippen LogP contribution in [-0.4, -0.2) is 33.8 Å². The van der Waals surface area contributed by atoms with Crippen LogP contribution in [-0.2, 0) is 4.79 Å². The third-order valence-corrected chi connectivity index (χ3v) is 5.83. The van der Waals surface area contributed by atoms with Gasteiger partial charge in [0, 0.05) is 28.7 Å². The van der Waals surface area contributed by atoms with Gasteiger partial charge in [0.15, 0.2) is 17.3 Å². The molecule has 2 heterocycles. The maximum Gasteiger partial charge on any atom is 0.230 e. The van der Waals surface area contributed by atoms with Crippen molar-refractivity contribution in [3.05, 3.63) is 36.0 Å². The van der Waals surface area contributed by atoms with Crippen molar-refractivity contribution in [3.63, 3.8) is 0 Å². The fourth-order valence-corrected chi connectivity index (χ4v) is 4.32. The van der Waals surface area contributed by atoms with Gasteiger partial charge in [-0.2, -0.15) is 0 Å². The third-order valence-electron chi connectivity index (χ3n) is 4.95. The molecule has 0 bridgehead atoms. The summed E-state index contributed by atoms with van der Waals surface area (Å²) in [6.07, 6.45) is 7.34. The number of para-hydroxylation sites is 1. The Kier molecular flexibility index (Phi) is 5.33. The number of aromatic nitrogens is 1. The van der Waals surface area contributed by atoms with Gasteiger partial charge in [0.1, 0.15) is 0 Å². The lowest BCUT2D eigenvalue weighted by molar-refractivity contribution is -0.119. The predicted molar refractivity (Wildman–Crippen MR) is 111 cm³/mol. The smallest absolute Gasteiger partial charge is 0.230 e. The Labute approximate surface area is 162 Å². The Bertz CT molecular complexity index is 883. The second-order valence-corrected chi connectivity index (χ2v) is 7.89. The van der Waals surface area contributed by atoms with Gasteiger partial charge in [0.05, 0.1) is 5.75 Å². The fraction of sp³-hybridized carbons (Fsp3) is 0.421. The number of amidine groups is 1. The van der Waals surface area contributed by atoms with Crippen LogP contribution in [0.3, 0.4) is 0 Å². The summed E-state index contributed by atoms with van der Waals surface area (Å²) in [6, 6.07) is 8.34. The Morgan fingerprint density at radius 3 is 2.89 bits per heavy atom. The highest BCUT2D eigenvalue weighted by Gasteiger charge is 2.21. The van der Waals surface area contributed by atoms with Crippen molar-refractivity contribution in [1.29, 1.82) is 0 Å². The van der Waals surface area contributed by atoms with Crippen LogP contribution >= 0.6 is 11.8 Å². The monoisotopic (exact) mass is 384 g/mol. The highest BCUT2D eigenvalue weighted by atomic mass is 32.2. The number of benzene rings is 1. The number of H-pyrrole nitrogens is 1. The number of hydrogen-bond donors (Lipinski definition) is 4. The van der Waals surface area contributed by atoms with Crippen molar-refractivity contribution < 1.29 is 4.79 Å². The standard InChI is InChI=1S/C19H24N6OS/c20-18-23-17(14-10-21-15-9-5-4-8-13(14)15)24-19(25-18)27-11-16(26)22-12-6-2-1-3-7-12/h4-5,8-10,12,17,21H,1-3,6-7,11H2,(H,22,26)(H3,20,23,24,25). The van der Waals surface area contributed by atoms with Gasteiger partial charge >= 0.3 is 0 Å². The van der Waals surface area contributed by atoms with Crippen molar-refractivity contribution in [3.8, 4) is 0 Å². The molecule has 1 aliphatic carbocycles. The fourth-order valence-electron chi connectivity index (χ4n) is 3.62. The molecular formula is C19H24N6OS. The number of nitrogens with zero attached hydrogens (tertiary/aromatic N) is 2. The van der Waals surface area contributed by atoms with Crippen LogP contribution in [0.5, 0.6) is 0 Å². The summed E-state index contributed by atoms with van der Waals surface area (Å²) in [6.45, 7) is 0. The Balaban J connectivity index is 1.41. The molecule has 1 aliphatic heterocycles. The predicted octanol–water partition coefficient (Wildman–Crippen LogP) is 2.62. The maximum absolute atomic E-state index is 12.2. The zero-order valence-electron chi connectivity index (χ0n) is 15.1. The summed E-state index contributed by atoms with van der Waals surface area (Å²) < 4.78 is 0. The van der Waals surface area contributed by atoms with Crippen LogP contribution in [0.2, 0.25) is 0 Å². The van der Waals surface area contributed by atoms with E-state index in [1.54, 1.807) is 0 Å². The van der Waals surface area contributed by atoms with Gasteiger partial charge in [-0.1, -0.05) is 49.2 Å². The second-order valence-electron chi connectivity index (χ2n) is 6.93. The molecule has 27 heavy (non-hydrogen) atoms. The average Bonchev–Trinajstić information content (AvgIpc) is 3.11. The first kappa shape index (κ1) is 17.9. The largest absolute Gasteiger partial charge is 0.370 e. The number of amides is 1. The zero-order chi connectivity index (χ0) is 18.6. The molecule has 0 radical (unpaired) electrons. The number of nitrogens with one attached hydrogen (secondary N) is 3. The topological polar surface area (TPSA) is 108 Å². The molecule has 142 valence electrons. The first-order valence-corrected chi connectivity index (χ1v) is 10.3. The average molecular weight is 385 g/mol. The van der Waals surface area contributed by atoms with Gasteiger partial charge in [-0.15, -0.1) is 0 Å². The van der Waals surface area contributed by atoms with Crippen molar-refractivity contribution in [2.24, 2.45) is 15.7 Å². The normalized spacial score (nSPS) is 20.7. The van der Waals surface area contributed by atoms with Gasteiger partial charge in [-0.3, -0.25) is 4.79 Å².